The fraction of sp³-hybridized carbons (Fsp3) is 0.333. The molecule has 1 aromatic heterocycles. The summed E-state index contributed by atoms with van der Waals surface area (Å²) in [5.74, 6) is 0. The summed E-state index contributed by atoms with van der Waals surface area (Å²) in [5.41, 5.74) is 5.49. The van der Waals surface area contributed by atoms with Crippen LogP contribution in [0.4, 0.5) is 0 Å². The monoisotopic (exact) mass is 239 g/mol. The molecule has 0 radical (unpaired) electrons. The Labute approximate surface area is 107 Å². The summed E-state index contributed by atoms with van der Waals surface area (Å²) in [7, 11) is 1.98. The summed E-state index contributed by atoms with van der Waals surface area (Å²) >= 11 is 0. The highest BCUT2D eigenvalue weighted by Crippen LogP contribution is 2.27. The molecular formula is C15H17N3. The second kappa shape index (κ2) is 4.86. The molecule has 1 N–H and O–H groups in total. The van der Waals surface area contributed by atoms with E-state index in [2.05, 4.69) is 33.7 Å². The summed E-state index contributed by atoms with van der Waals surface area (Å²) in [4.78, 5) is 0. The molecule has 1 aromatic carbocycles. The van der Waals surface area contributed by atoms with Crippen LogP contribution in [0.3, 0.4) is 0 Å². The van der Waals surface area contributed by atoms with E-state index in [-0.39, 0.29) is 6.04 Å². The third kappa shape index (κ3) is 2.02. The first-order valence-corrected chi connectivity index (χ1v) is 6.44. The van der Waals surface area contributed by atoms with Crippen molar-refractivity contribution >= 4 is 0 Å². The van der Waals surface area contributed by atoms with Crippen molar-refractivity contribution in [2.45, 2.75) is 25.3 Å². The van der Waals surface area contributed by atoms with Crippen LogP contribution in [-0.2, 0) is 12.8 Å². The molecule has 3 heteroatoms. The molecule has 1 heterocycles. The molecule has 3 nitrogen and oxygen atoms in total. The van der Waals surface area contributed by atoms with Gasteiger partial charge in [0.25, 0.3) is 0 Å². The Morgan fingerprint density at radius 3 is 2.72 bits per heavy atom. The lowest BCUT2D eigenvalue weighted by Crippen LogP contribution is -2.18. The Morgan fingerprint density at radius 1 is 1.06 bits per heavy atom. The number of hydrogen-bond donors (Lipinski definition) is 1. The average molecular weight is 239 g/mol. The maximum absolute atomic E-state index is 3.96. The predicted molar refractivity (Wildman–Crippen MR) is 71.4 cm³/mol. The van der Waals surface area contributed by atoms with Crippen molar-refractivity contribution in [1.29, 1.82) is 0 Å². The Morgan fingerprint density at radius 2 is 1.94 bits per heavy atom. The number of nitrogens with zero attached hydrogens (tertiary/aromatic N) is 2. The fourth-order valence-electron chi connectivity index (χ4n) is 2.77. The molecule has 1 aliphatic carbocycles. The lowest BCUT2D eigenvalue weighted by molar-refractivity contribution is 0.684. The Kier molecular flexibility index (Phi) is 3.07. The van der Waals surface area contributed by atoms with E-state index in [1.54, 1.807) is 6.20 Å². The molecule has 3 rings (SSSR count). The summed E-state index contributed by atoms with van der Waals surface area (Å²) in [6.07, 6.45) is 7.31. The highest BCUT2D eigenvalue weighted by molar-refractivity contribution is 5.39. The zero-order valence-electron chi connectivity index (χ0n) is 10.6. The van der Waals surface area contributed by atoms with Gasteiger partial charge in [0, 0.05) is 6.20 Å². The van der Waals surface area contributed by atoms with Crippen LogP contribution >= 0.6 is 0 Å². The Bertz CT molecular complexity index is 537. The van der Waals surface area contributed by atoms with Gasteiger partial charge in [-0.25, -0.2) is 0 Å². The molecule has 0 saturated heterocycles. The van der Waals surface area contributed by atoms with Crippen molar-refractivity contribution in [3.63, 3.8) is 0 Å². The van der Waals surface area contributed by atoms with Crippen LogP contribution in [0.25, 0.3) is 0 Å². The lowest BCUT2D eigenvalue weighted by atomic mass is 9.97. The van der Waals surface area contributed by atoms with Gasteiger partial charge in [-0.1, -0.05) is 18.2 Å². The summed E-state index contributed by atoms with van der Waals surface area (Å²) < 4.78 is 0. The first kappa shape index (κ1) is 11.4. The second-order valence-electron chi connectivity index (χ2n) is 4.78. The maximum Gasteiger partial charge on any atom is 0.0590 e. The number of nitrogens with one attached hydrogen (secondary N) is 1. The third-order valence-electron chi connectivity index (χ3n) is 3.69. The van der Waals surface area contributed by atoms with E-state index in [1.807, 2.05) is 19.3 Å². The first-order chi connectivity index (χ1) is 8.88. The van der Waals surface area contributed by atoms with Gasteiger partial charge in [-0.2, -0.15) is 10.2 Å². The van der Waals surface area contributed by atoms with Crippen molar-refractivity contribution in [3.8, 4) is 0 Å². The lowest BCUT2D eigenvalue weighted by Gasteiger charge is -2.17. The number of fused-ring (bicyclic) bond motifs is 1. The van der Waals surface area contributed by atoms with Crippen molar-refractivity contribution in [2.24, 2.45) is 0 Å². The minimum Gasteiger partial charge on any atom is -0.309 e. The third-order valence-corrected chi connectivity index (χ3v) is 3.69. The van der Waals surface area contributed by atoms with Crippen molar-refractivity contribution in [3.05, 3.63) is 58.9 Å². The van der Waals surface area contributed by atoms with Gasteiger partial charge < -0.3 is 5.32 Å². The first-order valence-electron chi connectivity index (χ1n) is 6.44. The highest BCUT2D eigenvalue weighted by Gasteiger charge is 2.16. The Hall–Kier alpha value is -1.74. The van der Waals surface area contributed by atoms with Crippen molar-refractivity contribution in [2.75, 3.05) is 7.05 Å². The number of benzene rings is 1. The number of aromatic nitrogens is 2. The molecule has 0 fully saturated rings. The predicted octanol–water partition coefficient (Wildman–Crippen LogP) is 2.27. The smallest absolute Gasteiger partial charge is 0.0590 e. The second-order valence-corrected chi connectivity index (χ2v) is 4.78. The summed E-state index contributed by atoms with van der Waals surface area (Å²) in [6, 6.07) is 9.06. The molecule has 92 valence electrons. The van der Waals surface area contributed by atoms with E-state index in [1.165, 1.54) is 36.0 Å². The van der Waals surface area contributed by atoms with Gasteiger partial charge in [-0.05, 0) is 54.6 Å². The molecule has 0 bridgehead atoms. The van der Waals surface area contributed by atoms with Gasteiger partial charge in [-0.3, -0.25) is 0 Å². The minimum absolute atomic E-state index is 0.200. The number of aryl methyl sites for hydroxylation is 2. The van der Waals surface area contributed by atoms with Crippen LogP contribution in [0.15, 0.2) is 36.7 Å². The van der Waals surface area contributed by atoms with E-state index in [9.17, 15) is 0 Å². The standard InChI is InChI=1S/C15H17N3/c1-16-15(14-7-8-17-18-10-14)13-6-5-11-3-2-4-12(11)9-13/h5-10,15-16H,2-4H2,1H3. The van der Waals surface area contributed by atoms with Gasteiger partial charge in [0.15, 0.2) is 0 Å². The normalized spacial score (nSPS) is 15.4. The molecule has 1 unspecified atom stereocenters. The molecule has 0 aliphatic heterocycles. The molecule has 1 atom stereocenters. The SMILES string of the molecule is CNC(c1ccnnc1)c1ccc2c(c1)CCC2. The quantitative estimate of drug-likeness (QED) is 0.893. The van der Waals surface area contributed by atoms with Gasteiger partial charge in [0.05, 0.1) is 12.2 Å². The molecule has 1 aliphatic rings. The van der Waals surface area contributed by atoms with Crippen LogP contribution in [0.1, 0.15) is 34.7 Å². The highest BCUT2D eigenvalue weighted by atomic mass is 15.1. The minimum atomic E-state index is 0.200. The molecule has 0 amide bonds. The average Bonchev–Trinajstić information content (AvgIpc) is 2.88. The fourth-order valence-corrected chi connectivity index (χ4v) is 2.77. The van der Waals surface area contributed by atoms with Crippen LogP contribution in [0, 0.1) is 0 Å². The van der Waals surface area contributed by atoms with E-state index < -0.39 is 0 Å². The van der Waals surface area contributed by atoms with Crippen molar-refractivity contribution < 1.29 is 0 Å². The summed E-state index contributed by atoms with van der Waals surface area (Å²) in [5, 5.41) is 11.2. The Balaban J connectivity index is 1.97. The maximum atomic E-state index is 3.96. The van der Waals surface area contributed by atoms with Gasteiger partial charge in [0.2, 0.25) is 0 Å². The van der Waals surface area contributed by atoms with E-state index in [0.29, 0.717) is 0 Å². The zero-order valence-corrected chi connectivity index (χ0v) is 10.6. The number of rotatable bonds is 3. The van der Waals surface area contributed by atoms with E-state index in [4.69, 9.17) is 0 Å². The largest absolute Gasteiger partial charge is 0.309 e. The van der Waals surface area contributed by atoms with Crippen LogP contribution in [0.5, 0.6) is 0 Å². The molecule has 18 heavy (non-hydrogen) atoms. The topological polar surface area (TPSA) is 37.8 Å². The zero-order chi connectivity index (χ0) is 12.4. The van der Waals surface area contributed by atoms with E-state index in [0.717, 1.165) is 5.56 Å². The van der Waals surface area contributed by atoms with Gasteiger partial charge in [-0.15, -0.1) is 0 Å². The van der Waals surface area contributed by atoms with Crippen molar-refractivity contribution in [1.82, 2.24) is 15.5 Å². The molecule has 0 spiro atoms. The molecular weight excluding hydrogens is 222 g/mol. The van der Waals surface area contributed by atoms with E-state index >= 15 is 0 Å². The van der Waals surface area contributed by atoms with Gasteiger partial charge >= 0.3 is 0 Å². The number of hydrogen-bond acceptors (Lipinski definition) is 3. The van der Waals surface area contributed by atoms with Crippen LogP contribution in [0.2, 0.25) is 0 Å². The molecule has 2 aromatic rings. The van der Waals surface area contributed by atoms with Crippen LogP contribution in [-0.4, -0.2) is 17.2 Å². The summed E-state index contributed by atoms with van der Waals surface area (Å²) in [6.45, 7) is 0. The van der Waals surface area contributed by atoms with Crippen LogP contribution < -0.4 is 5.32 Å². The van der Waals surface area contributed by atoms with Gasteiger partial charge in [0.1, 0.15) is 0 Å². The molecule has 0 saturated carbocycles.